The Kier molecular flexibility index (Phi) is 2.37. The predicted octanol–water partition coefficient (Wildman–Crippen LogP) is 0.604. The van der Waals surface area contributed by atoms with E-state index in [4.69, 9.17) is 0 Å². The number of hydrogen-bond donors (Lipinski definition) is 2. The molecule has 14 heavy (non-hydrogen) atoms. The van der Waals surface area contributed by atoms with Crippen LogP contribution in [0.4, 0.5) is 0 Å². The van der Waals surface area contributed by atoms with Gasteiger partial charge in [-0.3, -0.25) is 0 Å². The van der Waals surface area contributed by atoms with Gasteiger partial charge < -0.3 is 15.1 Å². The summed E-state index contributed by atoms with van der Waals surface area (Å²) in [5, 5.41) is 19.7. The molecule has 3 heteroatoms. The van der Waals surface area contributed by atoms with Crippen LogP contribution in [0, 0.1) is 5.92 Å². The first-order valence-corrected chi connectivity index (χ1v) is 5.53. The molecule has 2 aliphatic rings. The first-order valence-electron chi connectivity index (χ1n) is 5.53. The molecule has 82 valence electrons. The molecule has 3 nitrogen and oxygen atoms in total. The summed E-state index contributed by atoms with van der Waals surface area (Å²) in [7, 11) is 4.14. The quantitative estimate of drug-likeness (QED) is 0.684. The maximum Gasteiger partial charge on any atom is 0.0669 e. The molecule has 3 unspecified atom stereocenters. The standard InChI is InChI=1S/C11H21NO2/c1-12(2)11-5-3-4-10(14,8-11)6-9(11)7-13/h9,13-14H,3-8H2,1-2H3. The lowest BCUT2D eigenvalue weighted by Gasteiger charge is -2.44. The topological polar surface area (TPSA) is 43.7 Å². The zero-order valence-electron chi connectivity index (χ0n) is 9.16. The average molecular weight is 199 g/mol. The number of nitrogens with zero attached hydrogens (tertiary/aromatic N) is 1. The van der Waals surface area contributed by atoms with Crippen molar-refractivity contribution >= 4 is 0 Å². The predicted molar refractivity (Wildman–Crippen MR) is 55.0 cm³/mol. The van der Waals surface area contributed by atoms with Gasteiger partial charge in [0.2, 0.25) is 0 Å². The summed E-state index contributed by atoms with van der Waals surface area (Å²) in [6.07, 6.45) is 4.75. The molecule has 0 aromatic heterocycles. The summed E-state index contributed by atoms with van der Waals surface area (Å²) in [5.41, 5.74) is -0.433. The molecular formula is C11H21NO2. The van der Waals surface area contributed by atoms with E-state index >= 15 is 0 Å². The molecule has 2 bridgehead atoms. The van der Waals surface area contributed by atoms with Crippen LogP contribution in [-0.4, -0.2) is 47.0 Å². The van der Waals surface area contributed by atoms with E-state index in [0.717, 1.165) is 32.1 Å². The molecule has 3 atom stereocenters. The molecule has 0 heterocycles. The second kappa shape index (κ2) is 3.19. The Hall–Kier alpha value is -0.120. The van der Waals surface area contributed by atoms with E-state index in [-0.39, 0.29) is 18.1 Å². The number of hydrogen-bond acceptors (Lipinski definition) is 3. The molecule has 0 radical (unpaired) electrons. The van der Waals surface area contributed by atoms with Crippen LogP contribution in [0.25, 0.3) is 0 Å². The van der Waals surface area contributed by atoms with E-state index in [1.807, 2.05) is 0 Å². The van der Waals surface area contributed by atoms with Crippen molar-refractivity contribution in [1.82, 2.24) is 4.90 Å². The first-order chi connectivity index (χ1) is 6.52. The molecule has 0 amide bonds. The highest BCUT2D eigenvalue weighted by atomic mass is 16.3. The lowest BCUT2D eigenvalue weighted by atomic mass is 9.77. The number of aliphatic hydroxyl groups is 2. The fraction of sp³-hybridized carbons (Fsp3) is 1.00. The highest BCUT2D eigenvalue weighted by Gasteiger charge is 2.56. The van der Waals surface area contributed by atoms with Gasteiger partial charge in [0.05, 0.1) is 5.60 Å². The van der Waals surface area contributed by atoms with Crippen LogP contribution in [0.3, 0.4) is 0 Å². The zero-order chi connectivity index (χ0) is 10.4. The Morgan fingerprint density at radius 3 is 2.64 bits per heavy atom. The SMILES string of the molecule is CN(C)C12CCCC(O)(CC1CO)C2. The van der Waals surface area contributed by atoms with E-state index in [9.17, 15) is 10.2 Å². The van der Waals surface area contributed by atoms with Crippen LogP contribution < -0.4 is 0 Å². The van der Waals surface area contributed by atoms with Gasteiger partial charge in [0, 0.05) is 18.1 Å². The van der Waals surface area contributed by atoms with E-state index in [1.165, 1.54) is 0 Å². The van der Waals surface area contributed by atoms with Gasteiger partial charge in [0.15, 0.2) is 0 Å². The molecule has 0 aliphatic heterocycles. The molecule has 2 rings (SSSR count). The summed E-state index contributed by atoms with van der Waals surface area (Å²) in [6.45, 7) is 0.209. The van der Waals surface area contributed by atoms with Crippen LogP contribution in [0.1, 0.15) is 32.1 Å². The number of aliphatic hydroxyl groups excluding tert-OH is 1. The van der Waals surface area contributed by atoms with E-state index in [2.05, 4.69) is 19.0 Å². The van der Waals surface area contributed by atoms with Gasteiger partial charge >= 0.3 is 0 Å². The molecular weight excluding hydrogens is 178 g/mol. The third-order valence-corrected chi connectivity index (χ3v) is 4.38. The normalized spacial score (nSPS) is 47.4. The van der Waals surface area contributed by atoms with E-state index in [1.54, 1.807) is 0 Å². The van der Waals surface area contributed by atoms with Gasteiger partial charge in [-0.15, -0.1) is 0 Å². The maximum atomic E-state index is 10.3. The highest BCUT2D eigenvalue weighted by molar-refractivity contribution is 5.11. The Balaban J connectivity index is 2.29. The van der Waals surface area contributed by atoms with Crippen LogP contribution in [0.5, 0.6) is 0 Å². The van der Waals surface area contributed by atoms with E-state index in [0.29, 0.717) is 0 Å². The largest absolute Gasteiger partial charge is 0.396 e. The molecule has 2 N–H and O–H groups in total. The second-order valence-corrected chi connectivity index (χ2v) is 5.34. The molecule has 0 spiro atoms. The van der Waals surface area contributed by atoms with Crippen LogP contribution in [0.15, 0.2) is 0 Å². The monoisotopic (exact) mass is 199 g/mol. The van der Waals surface area contributed by atoms with Crippen molar-refractivity contribution < 1.29 is 10.2 Å². The smallest absolute Gasteiger partial charge is 0.0669 e. The van der Waals surface area contributed by atoms with Gasteiger partial charge in [0.25, 0.3) is 0 Å². The van der Waals surface area contributed by atoms with Crippen LogP contribution >= 0.6 is 0 Å². The van der Waals surface area contributed by atoms with Gasteiger partial charge in [-0.25, -0.2) is 0 Å². The van der Waals surface area contributed by atoms with Gasteiger partial charge in [-0.1, -0.05) is 0 Å². The lowest BCUT2D eigenvalue weighted by Crippen LogP contribution is -2.50. The highest BCUT2D eigenvalue weighted by Crippen LogP contribution is 2.53. The van der Waals surface area contributed by atoms with Gasteiger partial charge in [-0.2, -0.15) is 0 Å². The summed E-state index contributed by atoms with van der Waals surface area (Å²) < 4.78 is 0. The summed E-state index contributed by atoms with van der Waals surface area (Å²) in [6, 6.07) is 0. The Morgan fingerprint density at radius 1 is 1.36 bits per heavy atom. The third-order valence-electron chi connectivity index (χ3n) is 4.38. The average Bonchev–Trinajstić information content (AvgIpc) is 2.34. The molecule has 0 saturated heterocycles. The van der Waals surface area contributed by atoms with Crippen molar-refractivity contribution in [3.8, 4) is 0 Å². The minimum absolute atomic E-state index is 0.0573. The zero-order valence-corrected chi connectivity index (χ0v) is 9.16. The van der Waals surface area contributed by atoms with E-state index < -0.39 is 5.60 Å². The number of rotatable bonds is 2. The van der Waals surface area contributed by atoms with Crippen molar-refractivity contribution in [3.63, 3.8) is 0 Å². The summed E-state index contributed by atoms with van der Waals surface area (Å²) in [5.74, 6) is 0.255. The van der Waals surface area contributed by atoms with Gasteiger partial charge in [-0.05, 0) is 46.2 Å². The Labute approximate surface area is 85.7 Å². The lowest BCUT2D eigenvalue weighted by molar-refractivity contribution is -0.0137. The summed E-state index contributed by atoms with van der Waals surface area (Å²) in [4.78, 5) is 2.21. The third kappa shape index (κ3) is 1.30. The van der Waals surface area contributed by atoms with Crippen LogP contribution in [-0.2, 0) is 0 Å². The molecule has 2 fully saturated rings. The minimum atomic E-state index is -0.490. The fourth-order valence-electron chi connectivity index (χ4n) is 3.62. The number of fused-ring (bicyclic) bond motifs is 2. The van der Waals surface area contributed by atoms with Crippen LogP contribution in [0.2, 0.25) is 0 Å². The van der Waals surface area contributed by atoms with Crippen molar-refractivity contribution in [1.29, 1.82) is 0 Å². The van der Waals surface area contributed by atoms with Crippen molar-refractivity contribution in [2.24, 2.45) is 5.92 Å². The minimum Gasteiger partial charge on any atom is -0.396 e. The molecule has 2 aliphatic carbocycles. The fourth-order valence-corrected chi connectivity index (χ4v) is 3.62. The van der Waals surface area contributed by atoms with Crippen molar-refractivity contribution in [2.75, 3.05) is 20.7 Å². The van der Waals surface area contributed by atoms with Crippen molar-refractivity contribution in [2.45, 2.75) is 43.2 Å². The Bertz CT molecular complexity index is 231. The van der Waals surface area contributed by atoms with Gasteiger partial charge in [0.1, 0.15) is 0 Å². The second-order valence-electron chi connectivity index (χ2n) is 5.34. The molecule has 0 aromatic carbocycles. The Morgan fingerprint density at radius 2 is 2.07 bits per heavy atom. The summed E-state index contributed by atoms with van der Waals surface area (Å²) >= 11 is 0. The molecule has 0 aromatic rings. The first kappa shape index (κ1) is 10.4. The molecule has 2 saturated carbocycles. The maximum absolute atomic E-state index is 10.3. The van der Waals surface area contributed by atoms with Crippen molar-refractivity contribution in [3.05, 3.63) is 0 Å².